The third kappa shape index (κ3) is 10.5. The number of aliphatic hydroxyl groups excluding tert-OH is 1. The quantitative estimate of drug-likeness (QED) is 0.172. The molecule has 0 saturated carbocycles. The number of hydrogen-bond donors (Lipinski definition) is 1. The van der Waals surface area contributed by atoms with E-state index in [9.17, 15) is 18.0 Å². The highest BCUT2D eigenvalue weighted by Gasteiger charge is 2.31. The van der Waals surface area contributed by atoms with Crippen LogP contribution in [0.15, 0.2) is 48.8 Å². The van der Waals surface area contributed by atoms with Gasteiger partial charge in [-0.25, -0.2) is 4.98 Å². The molecule has 45 heavy (non-hydrogen) atoms. The number of aliphatic hydroxyl groups is 1. The maximum absolute atomic E-state index is 13.2. The van der Waals surface area contributed by atoms with Crippen LogP contribution >= 0.6 is 0 Å². The van der Waals surface area contributed by atoms with Crippen LogP contribution in [0.1, 0.15) is 27.2 Å². The Balaban J connectivity index is 1.42. The number of aromatic nitrogens is 2. The van der Waals surface area contributed by atoms with Crippen molar-refractivity contribution < 1.29 is 46.8 Å². The Morgan fingerprint density at radius 3 is 2.31 bits per heavy atom. The lowest BCUT2D eigenvalue weighted by Gasteiger charge is -2.30. The molecule has 0 unspecified atom stereocenters. The van der Waals surface area contributed by atoms with Crippen molar-refractivity contribution in [1.29, 1.82) is 0 Å². The second-order valence-corrected chi connectivity index (χ2v) is 10.2. The maximum Gasteiger partial charge on any atom is 0.416 e. The van der Waals surface area contributed by atoms with E-state index in [0.29, 0.717) is 76.5 Å². The first-order chi connectivity index (χ1) is 21.8. The summed E-state index contributed by atoms with van der Waals surface area (Å²) in [4.78, 5) is 24.1. The van der Waals surface area contributed by atoms with Crippen LogP contribution in [0.4, 0.5) is 18.9 Å². The molecule has 4 rings (SSSR count). The molecular weight excluding hydrogens is 595 g/mol. The number of pyridine rings is 2. The molecule has 0 spiro atoms. The summed E-state index contributed by atoms with van der Waals surface area (Å²) in [5, 5.41) is 8.69. The van der Waals surface area contributed by atoms with Crippen molar-refractivity contribution in [2.24, 2.45) is 0 Å². The monoisotopic (exact) mass is 633 g/mol. The number of anilines is 1. The average Bonchev–Trinajstić information content (AvgIpc) is 3.04. The summed E-state index contributed by atoms with van der Waals surface area (Å²) in [6.07, 6.45) is -1.39. The molecule has 3 heterocycles. The number of ketones is 1. The molecule has 2 aromatic heterocycles. The molecule has 0 atom stereocenters. The number of carbonyl (C=O) groups is 1. The summed E-state index contributed by atoms with van der Waals surface area (Å²) in [5.41, 5.74) is 2.71. The molecule has 0 aliphatic carbocycles. The third-order valence-electron chi connectivity index (χ3n) is 6.96. The number of hydrogen-bond acceptors (Lipinski definition) is 10. The molecule has 1 aliphatic heterocycles. The van der Waals surface area contributed by atoms with Crippen LogP contribution < -0.4 is 9.64 Å². The average molecular weight is 634 g/mol. The first-order valence-corrected chi connectivity index (χ1v) is 14.7. The van der Waals surface area contributed by atoms with Crippen molar-refractivity contribution >= 4 is 11.5 Å². The molecule has 244 valence electrons. The normalized spacial score (nSPS) is 13.7. The summed E-state index contributed by atoms with van der Waals surface area (Å²) in [6.45, 7) is 6.78. The Labute approximate surface area is 260 Å². The number of ether oxygens (including phenoxy) is 5. The third-order valence-corrected chi connectivity index (χ3v) is 6.96. The predicted molar refractivity (Wildman–Crippen MR) is 160 cm³/mol. The van der Waals surface area contributed by atoms with Gasteiger partial charge in [0.05, 0.1) is 65.0 Å². The van der Waals surface area contributed by atoms with E-state index in [4.69, 9.17) is 28.8 Å². The van der Waals surface area contributed by atoms with Gasteiger partial charge in [-0.05, 0) is 36.8 Å². The standard InChI is InChI=1S/C32H38F3N3O7/c1-23-28(17-24(21-36-23)18-30(40)25-3-2-4-27(19-25)32(33,34)35)26-20-29(38-5-8-41-9-6-38)31(37-22-26)45-16-15-44-14-13-43-12-11-42-10-7-39/h2-4,17,19-22,39H,5-16,18H2,1H3. The van der Waals surface area contributed by atoms with Crippen LogP contribution in [0.5, 0.6) is 5.88 Å². The predicted octanol–water partition coefficient (Wildman–Crippen LogP) is 4.15. The summed E-state index contributed by atoms with van der Waals surface area (Å²) >= 11 is 0. The minimum absolute atomic E-state index is 0.00919. The lowest BCUT2D eigenvalue weighted by Crippen LogP contribution is -2.36. The van der Waals surface area contributed by atoms with Crippen molar-refractivity contribution in [3.63, 3.8) is 0 Å². The summed E-state index contributed by atoms with van der Waals surface area (Å²) < 4.78 is 67.1. The molecule has 0 bridgehead atoms. The van der Waals surface area contributed by atoms with E-state index >= 15 is 0 Å². The minimum atomic E-state index is -4.53. The molecule has 0 amide bonds. The van der Waals surface area contributed by atoms with Gasteiger partial charge in [0.25, 0.3) is 0 Å². The smallest absolute Gasteiger partial charge is 0.416 e. The number of carbonyl (C=O) groups excluding carboxylic acids is 1. The van der Waals surface area contributed by atoms with Crippen LogP contribution in [0, 0.1) is 6.92 Å². The van der Waals surface area contributed by atoms with Gasteiger partial charge in [0, 0.05) is 54.3 Å². The molecule has 0 radical (unpaired) electrons. The molecule has 10 nitrogen and oxygen atoms in total. The van der Waals surface area contributed by atoms with Crippen LogP contribution in [-0.2, 0) is 31.5 Å². The van der Waals surface area contributed by atoms with Gasteiger partial charge in [0.1, 0.15) is 12.3 Å². The Morgan fingerprint density at radius 1 is 0.933 bits per heavy atom. The Morgan fingerprint density at radius 2 is 1.62 bits per heavy atom. The first kappa shape index (κ1) is 34.3. The number of alkyl halides is 3. The van der Waals surface area contributed by atoms with E-state index in [1.807, 2.05) is 19.1 Å². The zero-order chi connectivity index (χ0) is 32.1. The molecule has 1 aromatic carbocycles. The van der Waals surface area contributed by atoms with Gasteiger partial charge in [0.15, 0.2) is 5.78 Å². The van der Waals surface area contributed by atoms with E-state index in [-0.39, 0.29) is 31.8 Å². The van der Waals surface area contributed by atoms with Crippen LogP contribution in [0.25, 0.3) is 11.1 Å². The molecule has 1 saturated heterocycles. The largest absolute Gasteiger partial charge is 0.474 e. The van der Waals surface area contributed by atoms with E-state index < -0.39 is 17.5 Å². The molecule has 13 heteroatoms. The summed E-state index contributed by atoms with van der Waals surface area (Å²) in [6, 6.07) is 8.22. The Kier molecular flexibility index (Phi) is 13.1. The van der Waals surface area contributed by atoms with Gasteiger partial charge in [-0.2, -0.15) is 13.2 Å². The number of halogens is 3. The number of rotatable bonds is 17. The zero-order valence-electron chi connectivity index (χ0n) is 25.2. The molecule has 1 N–H and O–H groups in total. The van der Waals surface area contributed by atoms with Crippen LogP contribution in [0.2, 0.25) is 0 Å². The van der Waals surface area contributed by atoms with Crippen molar-refractivity contribution in [1.82, 2.24) is 9.97 Å². The fourth-order valence-corrected chi connectivity index (χ4v) is 4.66. The second kappa shape index (κ2) is 17.2. The van der Waals surface area contributed by atoms with Crippen molar-refractivity contribution in [3.05, 3.63) is 71.2 Å². The number of benzene rings is 1. The zero-order valence-corrected chi connectivity index (χ0v) is 25.2. The van der Waals surface area contributed by atoms with Gasteiger partial charge in [-0.3, -0.25) is 9.78 Å². The highest BCUT2D eigenvalue weighted by Crippen LogP contribution is 2.34. The van der Waals surface area contributed by atoms with E-state index in [0.717, 1.165) is 28.9 Å². The van der Waals surface area contributed by atoms with Gasteiger partial charge < -0.3 is 33.7 Å². The minimum Gasteiger partial charge on any atom is -0.474 e. The van der Waals surface area contributed by atoms with Gasteiger partial charge in [-0.1, -0.05) is 12.1 Å². The number of morpholine rings is 1. The van der Waals surface area contributed by atoms with Gasteiger partial charge in [0.2, 0.25) is 5.88 Å². The van der Waals surface area contributed by atoms with E-state index in [1.165, 1.54) is 12.1 Å². The van der Waals surface area contributed by atoms with Crippen molar-refractivity contribution in [2.45, 2.75) is 19.5 Å². The number of nitrogens with zero attached hydrogens (tertiary/aromatic N) is 3. The maximum atomic E-state index is 13.2. The molecular formula is C32H38F3N3O7. The summed E-state index contributed by atoms with van der Waals surface area (Å²) in [7, 11) is 0. The Bertz CT molecular complexity index is 1380. The van der Waals surface area contributed by atoms with Crippen molar-refractivity contribution in [3.8, 4) is 17.0 Å². The number of aryl methyl sites for hydroxylation is 1. The molecule has 1 fully saturated rings. The number of Topliss-reactive ketones (excluding diaryl/α,β-unsaturated/α-hetero) is 1. The fourth-order valence-electron chi connectivity index (χ4n) is 4.66. The van der Waals surface area contributed by atoms with Gasteiger partial charge in [-0.15, -0.1) is 0 Å². The lowest BCUT2D eigenvalue weighted by molar-refractivity contribution is -0.137. The lowest BCUT2D eigenvalue weighted by atomic mass is 9.98. The van der Waals surface area contributed by atoms with Gasteiger partial charge >= 0.3 is 6.18 Å². The SMILES string of the molecule is Cc1ncc(CC(=O)c2cccc(C(F)(F)F)c2)cc1-c1cnc(OCCOCCOCCOCCO)c(N2CCOCC2)c1. The van der Waals surface area contributed by atoms with E-state index in [2.05, 4.69) is 14.9 Å². The second-order valence-electron chi connectivity index (χ2n) is 10.2. The molecule has 3 aromatic rings. The fraction of sp³-hybridized carbons (Fsp3) is 0.469. The molecule has 1 aliphatic rings. The highest BCUT2D eigenvalue weighted by atomic mass is 19.4. The van der Waals surface area contributed by atoms with Crippen LogP contribution in [0.3, 0.4) is 0 Å². The Hall–Kier alpha value is -3.62. The van der Waals surface area contributed by atoms with E-state index in [1.54, 1.807) is 12.4 Å². The topological polar surface area (TPSA) is 112 Å². The highest BCUT2D eigenvalue weighted by molar-refractivity contribution is 5.97. The van der Waals surface area contributed by atoms with Crippen molar-refractivity contribution in [2.75, 3.05) is 84.1 Å². The first-order valence-electron chi connectivity index (χ1n) is 14.7. The summed E-state index contributed by atoms with van der Waals surface area (Å²) in [5.74, 6) is 0.0115. The van der Waals surface area contributed by atoms with Crippen LogP contribution in [-0.4, -0.2) is 100 Å².